The maximum Gasteiger partial charge on any atom is 0.408 e. The molecule has 0 saturated carbocycles. The predicted molar refractivity (Wildman–Crippen MR) is 113 cm³/mol. The van der Waals surface area contributed by atoms with Crippen LogP contribution in [0, 0.1) is 0 Å². The second-order valence-electron chi connectivity index (χ2n) is 7.05. The summed E-state index contributed by atoms with van der Waals surface area (Å²) in [6.07, 6.45) is 2.09. The summed E-state index contributed by atoms with van der Waals surface area (Å²) < 4.78 is 5.54. The summed E-state index contributed by atoms with van der Waals surface area (Å²) in [6, 6.07) is 30.2. The predicted octanol–water partition coefficient (Wildman–Crippen LogP) is 5.85. The zero-order valence-corrected chi connectivity index (χ0v) is 16.3. The van der Waals surface area contributed by atoms with Crippen LogP contribution in [0.4, 0.5) is 4.79 Å². The van der Waals surface area contributed by atoms with E-state index in [1.165, 1.54) is 5.56 Å². The Bertz CT molecular complexity index is 849. The topological polar surface area (TPSA) is 38.3 Å². The van der Waals surface area contributed by atoms with Crippen LogP contribution in [0.15, 0.2) is 91.0 Å². The van der Waals surface area contributed by atoms with Gasteiger partial charge in [-0.05, 0) is 29.5 Å². The first-order chi connectivity index (χ1) is 13.7. The summed E-state index contributed by atoms with van der Waals surface area (Å²) in [6.45, 7) is 2.40. The van der Waals surface area contributed by atoms with Crippen molar-refractivity contribution in [3.05, 3.63) is 108 Å². The second-order valence-corrected chi connectivity index (χ2v) is 7.05. The van der Waals surface area contributed by atoms with E-state index in [-0.39, 0.29) is 6.61 Å². The van der Waals surface area contributed by atoms with E-state index in [9.17, 15) is 4.79 Å². The molecule has 0 aromatic heterocycles. The number of nitrogens with one attached hydrogen (secondary N) is 1. The minimum atomic E-state index is -0.509. The maximum atomic E-state index is 12.7. The van der Waals surface area contributed by atoms with Crippen molar-refractivity contribution >= 4 is 6.09 Å². The molecule has 144 valence electrons. The molecule has 1 N–H and O–H groups in total. The van der Waals surface area contributed by atoms with Crippen molar-refractivity contribution in [2.24, 2.45) is 0 Å². The fraction of sp³-hybridized carbons (Fsp3) is 0.240. The standard InChI is InChI=1S/C25H27NO2/c1-2-18-25(23-16-10-5-11-17-23,19-21-12-6-3-7-13-21)26-24(27)28-20-22-14-8-4-9-15-22/h3-17H,2,18-20H2,1H3,(H,26,27). The first-order valence-electron chi connectivity index (χ1n) is 9.80. The summed E-state index contributed by atoms with van der Waals surface area (Å²) in [7, 11) is 0. The largest absolute Gasteiger partial charge is 0.445 e. The molecule has 0 saturated heterocycles. The number of rotatable bonds is 8. The lowest BCUT2D eigenvalue weighted by Gasteiger charge is -2.35. The van der Waals surface area contributed by atoms with Crippen LogP contribution in [0.5, 0.6) is 0 Å². The average molecular weight is 373 g/mol. The number of amides is 1. The smallest absolute Gasteiger partial charge is 0.408 e. The van der Waals surface area contributed by atoms with Crippen molar-refractivity contribution in [3.63, 3.8) is 0 Å². The third-order valence-electron chi connectivity index (χ3n) is 4.91. The molecule has 3 aromatic carbocycles. The monoisotopic (exact) mass is 373 g/mol. The lowest BCUT2D eigenvalue weighted by molar-refractivity contribution is 0.123. The van der Waals surface area contributed by atoms with Crippen LogP contribution in [0.3, 0.4) is 0 Å². The highest BCUT2D eigenvalue weighted by molar-refractivity contribution is 5.69. The Kier molecular flexibility index (Phi) is 6.85. The molecule has 3 rings (SSSR count). The van der Waals surface area contributed by atoms with Crippen molar-refractivity contribution < 1.29 is 9.53 Å². The van der Waals surface area contributed by atoms with Crippen LogP contribution >= 0.6 is 0 Å². The molecule has 0 aliphatic rings. The average Bonchev–Trinajstić information content (AvgIpc) is 2.74. The SMILES string of the molecule is CCCC(Cc1ccccc1)(NC(=O)OCc1ccccc1)c1ccccc1. The Hall–Kier alpha value is -3.07. The number of ether oxygens (including phenoxy) is 1. The van der Waals surface area contributed by atoms with Crippen molar-refractivity contribution in [2.45, 2.75) is 38.3 Å². The number of alkyl carbamates (subject to hydrolysis) is 1. The van der Waals surface area contributed by atoms with E-state index in [4.69, 9.17) is 4.74 Å². The molecule has 3 aromatic rings. The van der Waals surface area contributed by atoms with Gasteiger partial charge >= 0.3 is 6.09 Å². The van der Waals surface area contributed by atoms with Crippen molar-refractivity contribution in [1.29, 1.82) is 0 Å². The summed E-state index contributed by atoms with van der Waals surface area (Å²) in [5.41, 5.74) is 2.74. The van der Waals surface area contributed by atoms with Gasteiger partial charge in [0.2, 0.25) is 0 Å². The fourth-order valence-electron chi connectivity index (χ4n) is 3.60. The molecule has 0 radical (unpaired) electrons. The number of hydrogen-bond acceptors (Lipinski definition) is 2. The minimum Gasteiger partial charge on any atom is -0.445 e. The van der Waals surface area contributed by atoms with Gasteiger partial charge in [-0.2, -0.15) is 0 Å². The molecule has 0 bridgehead atoms. The molecule has 0 aliphatic heterocycles. The number of carbonyl (C=O) groups excluding carboxylic acids is 1. The van der Waals surface area contributed by atoms with E-state index in [1.807, 2.05) is 66.7 Å². The summed E-state index contributed by atoms with van der Waals surface area (Å²) >= 11 is 0. The van der Waals surface area contributed by atoms with Gasteiger partial charge in [-0.25, -0.2) is 4.79 Å². The van der Waals surface area contributed by atoms with Gasteiger partial charge in [0.25, 0.3) is 0 Å². The number of hydrogen-bond donors (Lipinski definition) is 1. The fourth-order valence-corrected chi connectivity index (χ4v) is 3.60. The van der Waals surface area contributed by atoms with Gasteiger partial charge in [0.1, 0.15) is 6.61 Å². The Balaban J connectivity index is 1.83. The molecule has 0 spiro atoms. The zero-order valence-electron chi connectivity index (χ0n) is 16.3. The minimum absolute atomic E-state index is 0.259. The van der Waals surface area contributed by atoms with Gasteiger partial charge in [-0.15, -0.1) is 0 Å². The van der Waals surface area contributed by atoms with Crippen molar-refractivity contribution in [1.82, 2.24) is 5.32 Å². The van der Waals surface area contributed by atoms with E-state index in [2.05, 4.69) is 36.5 Å². The van der Waals surface area contributed by atoms with Crippen molar-refractivity contribution in [3.8, 4) is 0 Å². The van der Waals surface area contributed by atoms with E-state index in [0.717, 1.165) is 24.0 Å². The van der Waals surface area contributed by atoms with Crippen LogP contribution in [-0.4, -0.2) is 6.09 Å². The van der Waals surface area contributed by atoms with E-state index < -0.39 is 11.6 Å². The van der Waals surface area contributed by atoms with Crippen LogP contribution in [0.1, 0.15) is 36.5 Å². The summed E-state index contributed by atoms with van der Waals surface area (Å²) in [5, 5.41) is 3.21. The molecule has 1 unspecified atom stereocenters. The van der Waals surface area contributed by atoms with Gasteiger partial charge in [0.15, 0.2) is 0 Å². The van der Waals surface area contributed by atoms with Gasteiger partial charge in [0, 0.05) is 0 Å². The third kappa shape index (κ3) is 5.23. The van der Waals surface area contributed by atoms with Gasteiger partial charge in [-0.1, -0.05) is 104 Å². The van der Waals surface area contributed by atoms with E-state index in [1.54, 1.807) is 0 Å². The highest BCUT2D eigenvalue weighted by atomic mass is 16.5. The zero-order chi connectivity index (χ0) is 19.7. The molecule has 0 fully saturated rings. The van der Waals surface area contributed by atoms with Gasteiger partial charge in [0.05, 0.1) is 5.54 Å². The molecule has 3 heteroatoms. The molecule has 0 aliphatic carbocycles. The molecule has 1 amide bonds. The highest BCUT2D eigenvalue weighted by Gasteiger charge is 2.34. The molecular weight excluding hydrogens is 346 g/mol. The first kappa shape index (κ1) is 19.7. The quantitative estimate of drug-likeness (QED) is 0.538. The van der Waals surface area contributed by atoms with Crippen LogP contribution in [0.25, 0.3) is 0 Å². The van der Waals surface area contributed by atoms with E-state index in [0.29, 0.717) is 6.42 Å². The Morgan fingerprint density at radius 3 is 1.93 bits per heavy atom. The Morgan fingerprint density at radius 1 is 0.821 bits per heavy atom. The van der Waals surface area contributed by atoms with Gasteiger partial charge < -0.3 is 10.1 Å². The maximum absolute atomic E-state index is 12.7. The van der Waals surface area contributed by atoms with Crippen LogP contribution in [0.2, 0.25) is 0 Å². The Morgan fingerprint density at radius 2 is 1.36 bits per heavy atom. The first-order valence-corrected chi connectivity index (χ1v) is 9.80. The van der Waals surface area contributed by atoms with Crippen LogP contribution < -0.4 is 5.32 Å². The van der Waals surface area contributed by atoms with Gasteiger partial charge in [-0.3, -0.25) is 0 Å². The Labute approximate surface area is 167 Å². The van der Waals surface area contributed by atoms with Crippen LogP contribution in [-0.2, 0) is 23.3 Å². The molecule has 3 nitrogen and oxygen atoms in total. The number of carbonyl (C=O) groups is 1. The highest BCUT2D eigenvalue weighted by Crippen LogP contribution is 2.31. The lowest BCUT2D eigenvalue weighted by Crippen LogP contribution is -2.47. The third-order valence-corrected chi connectivity index (χ3v) is 4.91. The lowest BCUT2D eigenvalue weighted by atomic mass is 9.80. The molecular formula is C25H27NO2. The van der Waals surface area contributed by atoms with E-state index >= 15 is 0 Å². The second kappa shape index (κ2) is 9.75. The number of benzene rings is 3. The summed E-state index contributed by atoms with van der Waals surface area (Å²) in [5.74, 6) is 0. The normalized spacial score (nSPS) is 12.8. The molecule has 28 heavy (non-hydrogen) atoms. The summed E-state index contributed by atoms with van der Waals surface area (Å²) in [4.78, 5) is 12.7. The molecule has 0 heterocycles. The van der Waals surface area contributed by atoms with Crippen molar-refractivity contribution in [2.75, 3.05) is 0 Å². The molecule has 1 atom stereocenters.